The van der Waals surface area contributed by atoms with Crippen LogP contribution in [0.5, 0.6) is 0 Å². The molecule has 0 fully saturated rings. The number of amides is 2. The van der Waals surface area contributed by atoms with E-state index in [9.17, 15) is 9.59 Å². The quantitative estimate of drug-likeness (QED) is 0.878. The number of hydrogen-bond acceptors (Lipinski definition) is 4. The molecule has 0 aliphatic carbocycles. The van der Waals surface area contributed by atoms with E-state index < -0.39 is 5.60 Å². The Bertz CT molecular complexity index is 878. The summed E-state index contributed by atoms with van der Waals surface area (Å²) in [6.45, 7) is 8.47. The van der Waals surface area contributed by atoms with E-state index in [0.717, 1.165) is 23.4 Å². The van der Waals surface area contributed by atoms with Gasteiger partial charge in [-0.05, 0) is 44.9 Å². The molecule has 1 N–H and O–H groups in total. The summed E-state index contributed by atoms with van der Waals surface area (Å²) < 4.78 is 7.21. The van der Waals surface area contributed by atoms with Crippen molar-refractivity contribution in [3.05, 3.63) is 46.8 Å². The topological polar surface area (TPSA) is 76.5 Å². The molecule has 3 rings (SSSR count). The number of carbonyl (C=O) groups excluding carboxylic acids is 2. The van der Waals surface area contributed by atoms with Gasteiger partial charge in [0.15, 0.2) is 5.69 Å². The first-order valence-corrected chi connectivity index (χ1v) is 9.61. The highest BCUT2D eigenvalue weighted by Crippen LogP contribution is 2.24. The fourth-order valence-electron chi connectivity index (χ4n) is 3.27. The lowest BCUT2D eigenvalue weighted by atomic mass is 10.0. The van der Waals surface area contributed by atoms with Gasteiger partial charge in [0.1, 0.15) is 5.60 Å². The van der Waals surface area contributed by atoms with Crippen LogP contribution in [0.4, 0.5) is 10.5 Å². The number of ether oxygens (including phenoxy) is 1. The highest BCUT2D eigenvalue weighted by Gasteiger charge is 2.31. The summed E-state index contributed by atoms with van der Waals surface area (Å²) in [5.41, 5.74) is 3.48. The number of nitrogens with one attached hydrogen (secondary N) is 1. The van der Waals surface area contributed by atoms with Crippen molar-refractivity contribution in [1.29, 1.82) is 0 Å². The highest BCUT2D eigenvalue weighted by atomic mass is 16.6. The lowest BCUT2D eigenvalue weighted by Gasteiger charge is -2.30. The van der Waals surface area contributed by atoms with Crippen LogP contribution < -0.4 is 5.32 Å². The number of anilines is 1. The smallest absolute Gasteiger partial charge is 0.410 e. The van der Waals surface area contributed by atoms with Crippen molar-refractivity contribution in [3.63, 3.8) is 0 Å². The largest absolute Gasteiger partial charge is 0.444 e. The highest BCUT2D eigenvalue weighted by molar-refractivity contribution is 6.04. The lowest BCUT2D eigenvalue weighted by molar-refractivity contribution is 0.0222. The first kappa shape index (κ1) is 19.9. The van der Waals surface area contributed by atoms with Crippen molar-refractivity contribution in [2.75, 3.05) is 11.9 Å². The van der Waals surface area contributed by atoms with Gasteiger partial charge in [-0.1, -0.05) is 19.1 Å². The van der Waals surface area contributed by atoms with E-state index in [1.807, 2.05) is 52.1 Å². The molecule has 1 aromatic heterocycles. The number of fused-ring (bicyclic) bond motifs is 1. The molecule has 1 aliphatic rings. The van der Waals surface area contributed by atoms with Crippen LogP contribution >= 0.6 is 0 Å². The Balaban J connectivity index is 1.78. The van der Waals surface area contributed by atoms with Crippen LogP contribution in [0.3, 0.4) is 0 Å². The zero-order valence-corrected chi connectivity index (χ0v) is 17.2. The van der Waals surface area contributed by atoms with Crippen molar-refractivity contribution < 1.29 is 14.3 Å². The van der Waals surface area contributed by atoms with Gasteiger partial charge in [-0.3, -0.25) is 9.48 Å². The van der Waals surface area contributed by atoms with Crippen LogP contribution in [0, 0.1) is 0 Å². The van der Waals surface area contributed by atoms with E-state index in [1.54, 1.807) is 9.58 Å². The fraction of sp³-hybridized carbons (Fsp3) is 0.476. The Kier molecular flexibility index (Phi) is 5.45. The van der Waals surface area contributed by atoms with Crippen molar-refractivity contribution in [3.8, 4) is 0 Å². The Labute approximate surface area is 165 Å². The predicted octanol–water partition coefficient (Wildman–Crippen LogP) is 3.53. The van der Waals surface area contributed by atoms with Crippen molar-refractivity contribution in [2.45, 2.75) is 52.7 Å². The molecule has 7 nitrogen and oxygen atoms in total. The van der Waals surface area contributed by atoms with Gasteiger partial charge < -0.3 is 15.0 Å². The van der Waals surface area contributed by atoms with Crippen molar-refractivity contribution in [2.24, 2.45) is 7.05 Å². The minimum absolute atomic E-state index is 0.271. The molecular weight excluding hydrogens is 356 g/mol. The second-order valence-corrected chi connectivity index (χ2v) is 8.05. The molecule has 0 radical (unpaired) electrons. The van der Waals surface area contributed by atoms with Crippen LogP contribution in [-0.4, -0.2) is 38.8 Å². The Morgan fingerprint density at radius 1 is 1.21 bits per heavy atom. The summed E-state index contributed by atoms with van der Waals surface area (Å²) >= 11 is 0. The van der Waals surface area contributed by atoms with Gasteiger partial charge in [-0.25, -0.2) is 4.79 Å². The van der Waals surface area contributed by atoms with E-state index in [4.69, 9.17) is 4.74 Å². The molecule has 2 amide bonds. The number of rotatable bonds is 3. The van der Waals surface area contributed by atoms with Gasteiger partial charge in [0.2, 0.25) is 0 Å². The number of aryl methyl sites for hydroxylation is 2. The lowest BCUT2D eigenvalue weighted by Crippen LogP contribution is -2.40. The van der Waals surface area contributed by atoms with E-state index in [0.29, 0.717) is 25.2 Å². The van der Waals surface area contributed by atoms with Gasteiger partial charge in [0, 0.05) is 37.0 Å². The fourth-order valence-corrected chi connectivity index (χ4v) is 3.27. The molecule has 0 saturated carbocycles. The molecule has 0 saturated heterocycles. The third-order valence-corrected chi connectivity index (χ3v) is 4.73. The minimum Gasteiger partial charge on any atom is -0.444 e. The first-order valence-electron chi connectivity index (χ1n) is 9.61. The Morgan fingerprint density at radius 3 is 2.50 bits per heavy atom. The molecule has 0 bridgehead atoms. The molecule has 28 heavy (non-hydrogen) atoms. The maximum Gasteiger partial charge on any atom is 0.410 e. The van der Waals surface area contributed by atoms with Gasteiger partial charge in [-0.15, -0.1) is 0 Å². The van der Waals surface area contributed by atoms with Gasteiger partial charge in [0.25, 0.3) is 5.91 Å². The van der Waals surface area contributed by atoms with Gasteiger partial charge in [0.05, 0.1) is 6.54 Å². The van der Waals surface area contributed by atoms with E-state index in [1.165, 1.54) is 5.56 Å². The predicted molar refractivity (Wildman–Crippen MR) is 107 cm³/mol. The van der Waals surface area contributed by atoms with E-state index >= 15 is 0 Å². The zero-order chi connectivity index (χ0) is 20.5. The molecule has 2 aromatic rings. The summed E-state index contributed by atoms with van der Waals surface area (Å²) in [6.07, 6.45) is 1.21. The number of hydrogen-bond donors (Lipinski definition) is 1. The molecule has 2 heterocycles. The van der Waals surface area contributed by atoms with Crippen molar-refractivity contribution in [1.82, 2.24) is 14.7 Å². The van der Waals surface area contributed by atoms with Crippen molar-refractivity contribution >= 4 is 17.7 Å². The molecule has 0 atom stereocenters. The second-order valence-electron chi connectivity index (χ2n) is 8.05. The molecule has 0 spiro atoms. The summed E-state index contributed by atoms with van der Waals surface area (Å²) in [7, 11) is 1.83. The van der Waals surface area contributed by atoms with Crippen LogP contribution in [0.15, 0.2) is 24.3 Å². The summed E-state index contributed by atoms with van der Waals surface area (Å²) in [5.74, 6) is -0.271. The van der Waals surface area contributed by atoms with E-state index in [-0.39, 0.29) is 12.0 Å². The van der Waals surface area contributed by atoms with Gasteiger partial charge in [-0.2, -0.15) is 5.10 Å². The van der Waals surface area contributed by atoms with Gasteiger partial charge >= 0.3 is 6.09 Å². The number of aromatic nitrogens is 2. The molecule has 0 unspecified atom stereocenters. The van der Waals surface area contributed by atoms with E-state index in [2.05, 4.69) is 17.3 Å². The maximum atomic E-state index is 12.8. The Morgan fingerprint density at radius 2 is 1.89 bits per heavy atom. The molecule has 150 valence electrons. The van der Waals surface area contributed by atoms with Crippen LogP contribution in [0.25, 0.3) is 0 Å². The Hall–Kier alpha value is -2.83. The third-order valence-electron chi connectivity index (χ3n) is 4.73. The maximum absolute atomic E-state index is 12.8. The average Bonchev–Trinajstić information content (AvgIpc) is 2.97. The number of benzene rings is 1. The third kappa shape index (κ3) is 4.35. The standard InChI is InChI=1S/C21H28N4O3/c1-6-14-7-9-15(10-8-14)22-19(26)18-16-13-25(20(27)28-21(2,3)4)12-11-17(16)24(5)23-18/h7-10H,6,11-13H2,1-5H3,(H,22,26). The molecule has 7 heteroatoms. The minimum atomic E-state index is -0.558. The summed E-state index contributed by atoms with van der Waals surface area (Å²) in [6, 6.07) is 7.76. The van der Waals surface area contributed by atoms with Crippen LogP contribution in [0.2, 0.25) is 0 Å². The first-order chi connectivity index (χ1) is 13.2. The molecule has 1 aromatic carbocycles. The SMILES string of the molecule is CCc1ccc(NC(=O)c2nn(C)c3c2CN(C(=O)OC(C)(C)C)CC3)cc1. The second kappa shape index (κ2) is 7.66. The number of carbonyl (C=O) groups is 2. The summed E-state index contributed by atoms with van der Waals surface area (Å²) in [4.78, 5) is 26.9. The molecular formula is C21H28N4O3. The normalized spacial score (nSPS) is 13.8. The zero-order valence-electron chi connectivity index (χ0n) is 17.2. The summed E-state index contributed by atoms with van der Waals surface area (Å²) in [5, 5.41) is 7.32. The monoisotopic (exact) mass is 384 g/mol. The average molecular weight is 384 g/mol. The molecule has 1 aliphatic heterocycles. The van der Waals surface area contributed by atoms with Crippen LogP contribution in [0.1, 0.15) is 55.0 Å². The van der Waals surface area contributed by atoms with Crippen LogP contribution in [-0.2, 0) is 31.2 Å². The number of nitrogens with zero attached hydrogens (tertiary/aromatic N) is 3.